The first-order valence-electron chi connectivity index (χ1n) is 7.43. The Kier molecular flexibility index (Phi) is 5.64. The first-order chi connectivity index (χ1) is 9.29. The first kappa shape index (κ1) is 14.3. The molecule has 19 heavy (non-hydrogen) atoms. The number of halogens is 1. The van der Waals surface area contributed by atoms with E-state index in [1.165, 1.54) is 25.9 Å². The van der Waals surface area contributed by atoms with Crippen LogP contribution >= 0.6 is 0 Å². The molecule has 1 aliphatic heterocycles. The average molecular weight is 265 g/mol. The summed E-state index contributed by atoms with van der Waals surface area (Å²) in [6.07, 6.45) is 5.61. The number of rotatable bonds is 7. The van der Waals surface area contributed by atoms with Crippen LogP contribution in [0.1, 0.15) is 38.2 Å². The molecule has 0 bridgehead atoms. The summed E-state index contributed by atoms with van der Waals surface area (Å²) in [5.41, 5.74) is 1.07. The Bertz CT molecular complexity index is 388. The second kappa shape index (κ2) is 7.49. The highest BCUT2D eigenvalue weighted by atomic mass is 19.1. The number of aryl methyl sites for hydroxylation is 1. The van der Waals surface area contributed by atoms with Crippen molar-refractivity contribution in [1.82, 2.24) is 4.90 Å². The molecule has 1 aromatic carbocycles. The van der Waals surface area contributed by atoms with Gasteiger partial charge in [0.2, 0.25) is 0 Å². The van der Waals surface area contributed by atoms with Crippen molar-refractivity contribution in [3.63, 3.8) is 0 Å². The smallest absolute Gasteiger partial charge is 0.165 e. The molecular formula is C16H24FNO. The third-order valence-electron chi connectivity index (χ3n) is 3.60. The Morgan fingerprint density at radius 2 is 2.05 bits per heavy atom. The molecule has 2 nitrogen and oxygen atoms in total. The van der Waals surface area contributed by atoms with Gasteiger partial charge in [-0.05, 0) is 69.4 Å². The summed E-state index contributed by atoms with van der Waals surface area (Å²) in [4.78, 5) is 2.50. The highest BCUT2D eigenvalue weighted by molar-refractivity contribution is 5.29. The van der Waals surface area contributed by atoms with Crippen LogP contribution in [0.15, 0.2) is 18.2 Å². The van der Waals surface area contributed by atoms with Crippen molar-refractivity contribution in [2.75, 3.05) is 26.2 Å². The van der Waals surface area contributed by atoms with Crippen molar-refractivity contribution in [3.05, 3.63) is 29.6 Å². The number of ether oxygens (including phenoxy) is 1. The summed E-state index contributed by atoms with van der Waals surface area (Å²) in [5, 5.41) is 0. The van der Waals surface area contributed by atoms with Crippen LogP contribution in [0.5, 0.6) is 5.75 Å². The molecule has 0 radical (unpaired) electrons. The molecule has 0 N–H and O–H groups in total. The van der Waals surface area contributed by atoms with E-state index in [1.54, 1.807) is 12.1 Å². The standard InChI is InChI=1S/C16H24FNO/c1-2-12-19-16-8-7-14(13-15(16)17)6-5-11-18-9-3-4-10-18/h7-8,13H,2-6,9-12H2,1H3. The lowest BCUT2D eigenvalue weighted by Crippen LogP contribution is -2.20. The fraction of sp³-hybridized carbons (Fsp3) is 0.625. The van der Waals surface area contributed by atoms with E-state index in [0.29, 0.717) is 12.4 Å². The van der Waals surface area contributed by atoms with Crippen molar-refractivity contribution >= 4 is 0 Å². The molecule has 1 aromatic rings. The average Bonchev–Trinajstić information content (AvgIpc) is 2.91. The van der Waals surface area contributed by atoms with Crippen LogP contribution in [0.25, 0.3) is 0 Å². The Morgan fingerprint density at radius 3 is 2.74 bits per heavy atom. The van der Waals surface area contributed by atoms with Gasteiger partial charge in [-0.2, -0.15) is 0 Å². The molecule has 3 heteroatoms. The number of nitrogens with zero attached hydrogens (tertiary/aromatic N) is 1. The maximum atomic E-state index is 13.8. The molecule has 106 valence electrons. The fourth-order valence-corrected chi connectivity index (χ4v) is 2.54. The second-order valence-corrected chi connectivity index (χ2v) is 5.27. The van der Waals surface area contributed by atoms with E-state index >= 15 is 0 Å². The second-order valence-electron chi connectivity index (χ2n) is 5.27. The van der Waals surface area contributed by atoms with Crippen LogP contribution in [0.4, 0.5) is 4.39 Å². The number of hydrogen-bond acceptors (Lipinski definition) is 2. The lowest BCUT2D eigenvalue weighted by atomic mass is 10.1. The zero-order valence-electron chi connectivity index (χ0n) is 11.8. The third-order valence-corrected chi connectivity index (χ3v) is 3.60. The lowest BCUT2D eigenvalue weighted by molar-refractivity contribution is 0.301. The predicted molar refractivity (Wildman–Crippen MR) is 76.2 cm³/mol. The molecule has 1 saturated heterocycles. The quantitative estimate of drug-likeness (QED) is 0.746. The van der Waals surface area contributed by atoms with Crippen molar-refractivity contribution in [2.24, 2.45) is 0 Å². The summed E-state index contributed by atoms with van der Waals surface area (Å²) >= 11 is 0. The van der Waals surface area contributed by atoms with E-state index in [0.717, 1.165) is 31.4 Å². The van der Waals surface area contributed by atoms with Crippen molar-refractivity contribution in [2.45, 2.75) is 39.0 Å². The van der Waals surface area contributed by atoms with Gasteiger partial charge >= 0.3 is 0 Å². The van der Waals surface area contributed by atoms with E-state index in [-0.39, 0.29) is 5.82 Å². The van der Waals surface area contributed by atoms with Crippen LogP contribution in [0.3, 0.4) is 0 Å². The molecule has 0 aliphatic carbocycles. The molecule has 1 fully saturated rings. The fourth-order valence-electron chi connectivity index (χ4n) is 2.54. The minimum Gasteiger partial charge on any atom is -0.491 e. The maximum Gasteiger partial charge on any atom is 0.165 e. The largest absolute Gasteiger partial charge is 0.491 e. The first-order valence-corrected chi connectivity index (χ1v) is 7.43. The number of benzene rings is 1. The monoisotopic (exact) mass is 265 g/mol. The van der Waals surface area contributed by atoms with E-state index in [1.807, 2.05) is 13.0 Å². The van der Waals surface area contributed by atoms with Gasteiger partial charge in [0.1, 0.15) is 0 Å². The van der Waals surface area contributed by atoms with Crippen LogP contribution in [-0.4, -0.2) is 31.1 Å². The van der Waals surface area contributed by atoms with Gasteiger partial charge in [-0.1, -0.05) is 13.0 Å². The Balaban J connectivity index is 1.78. The zero-order chi connectivity index (χ0) is 13.5. The summed E-state index contributed by atoms with van der Waals surface area (Å²) in [7, 11) is 0. The SMILES string of the molecule is CCCOc1ccc(CCCN2CCCC2)cc1F. The molecule has 0 unspecified atom stereocenters. The summed E-state index contributed by atoms with van der Waals surface area (Å²) in [6.45, 7) is 6.20. The molecule has 0 amide bonds. The zero-order valence-corrected chi connectivity index (χ0v) is 11.8. The van der Waals surface area contributed by atoms with Gasteiger partial charge in [-0.15, -0.1) is 0 Å². The topological polar surface area (TPSA) is 12.5 Å². The van der Waals surface area contributed by atoms with Gasteiger partial charge in [0, 0.05) is 0 Å². The van der Waals surface area contributed by atoms with Crippen molar-refractivity contribution in [3.8, 4) is 5.75 Å². The molecule has 0 spiro atoms. The van der Waals surface area contributed by atoms with Gasteiger partial charge in [0.25, 0.3) is 0 Å². The van der Waals surface area contributed by atoms with Crippen molar-refractivity contribution < 1.29 is 9.13 Å². The van der Waals surface area contributed by atoms with E-state index in [9.17, 15) is 4.39 Å². The third kappa shape index (κ3) is 4.50. The number of likely N-dealkylation sites (tertiary alicyclic amines) is 1. The van der Waals surface area contributed by atoms with Gasteiger partial charge in [-0.3, -0.25) is 0 Å². The van der Waals surface area contributed by atoms with Crippen LogP contribution in [0.2, 0.25) is 0 Å². The minimum absolute atomic E-state index is 0.230. The number of hydrogen-bond donors (Lipinski definition) is 0. The summed E-state index contributed by atoms with van der Waals surface area (Å²) in [6, 6.07) is 5.36. The van der Waals surface area contributed by atoms with E-state index < -0.39 is 0 Å². The van der Waals surface area contributed by atoms with E-state index in [4.69, 9.17) is 4.74 Å². The molecule has 1 aliphatic rings. The van der Waals surface area contributed by atoms with Crippen LogP contribution in [0, 0.1) is 5.82 Å². The Labute approximate surface area is 115 Å². The maximum absolute atomic E-state index is 13.8. The highest BCUT2D eigenvalue weighted by Crippen LogP contribution is 2.19. The molecule has 0 aromatic heterocycles. The van der Waals surface area contributed by atoms with Crippen molar-refractivity contribution in [1.29, 1.82) is 0 Å². The molecule has 2 rings (SSSR count). The highest BCUT2D eigenvalue weighted by Gasteiger charge is 2.11. The molecule has 1 heterocycles. The van der Waals surface area contributed by atoms with Crippen LogP contribution < -0.4 is 4.74 Å². The predicted octanol–water partition coefficient (Wildman–Crippen LogP) is 3.64. The van der Waals surface area contributed by atoms with Gasteiger partial charge in [0.05, 0.1) is 6.61 Å². The van der Waals surface area contributed by atoms with Crippen LogP contribution in [-0.2, 0) is 6.42 Å². The summed E-state index contributed by atoms with van der Waals surface area (Å²) in [5.74, 6) is 0.150. The van der Waals surface area contributed by atoms with Gasteiger partial charge < -0.3 is 9.64 Å². The molecule has 0 saturated carbocycles. The minimum atomic E-state index is -0.230. The Hall–Kier alpha value is -1.09. The molecule has 0 atom stereocenters. The summed E-state index contributed by atoms with van der Waals surface area (Å²) < 4.78 is 19.1. The Morgan fingerprint density at radius 1 is 1.26 bits per heavy atom. The van der Waals surface area contributed by atoms with Gasteiger partial charge in [-0.25, -0.2) is 4.39 Å². The normalized spacial score (nSPS) is 15.9. The lowest BCUT2D eigenvalue weighted by Gasteiger charge is -2.14. The van der Waals surface area contributed by atoms with Gasteiger partial charge in [0.15, 0.2) is 11.6 Å². The van der Waals surface area contributed by atoms with E-state index in [2.05, 4.69) is 4.90 Å². The molecular weight excluding hydrogens is 241 g/mol.